The van der Waals surface area contributed by atoms with Crippen LogP contribution >= 0.6 is 0 Å². The standard InChI is InChI=1S/C12H18O4/c1-14-10-7-11(15-2)9-12(8-10)16-6-4-3-5-13/h7-9,13H,3-6H2,1-2H3. The Labute approximate surface area is 95.8 Å². The summed E-state index contributed by atoms with van der Waals surface area (Å²) in [5.41, 5.74) is 0. The zero-order chi connectivity index (χ0) is 11.8. The average molecular weight is 226 g/mol. The molecule has 0 spiro atoms. The Morgan fingerprint density at radius 2 is 1.50 bits per heavy atom. The molecule has 1 aromatic rings. The zero-order valence-corrected chi connectivity index (χ0v) is 9.73. The fraction of sp³-hybridized carbons (Fsp3) is 0.500. The number of methoxy groups -OCH3 is 2. The molecule has 0 aliphatic heterocycles. The number of aliphatic hydroxyl groups excluding tert-OH is 1. The molecular formula is C12H18O4. The number of rotatable bonds is 7. The van der Waals surface area contributed by atoms with Crippen LogP contribution in [0, 0.1) is 0 Å². The largest absolute Gasteiger partial charge is 0.496 e. The van der Waals surface area contributed by atoms with Crippen LogP contribution in [0.1, 0.15) is 12.8 Å². The zero-order valence-electron chi connectivity index (χ0n) is 9.73. The molecule has 4 heteroatoms. The van der Waals surface area contributed by atoms with Crippen LogP contribution in [0.4, 0.5) is 0 Å². The van der Waals surface area contributed by atoms with E-state index in [2.05, 4.69) is 0 Å². The Morgan fingerprint density at radius 1 is 0.938 bits per heavy atom. The van der Waals surface area contributed by atoms with Gasteiger partial charge in [-0.25, -0.2) is 0 Å². The van der Waals surface area contributed by atoms with Crippen molar-refractivity contribution in [2.24, 2.45) is 0 Å². The fourth-order valence-corrected chi connectivity index (χ4v) is 1.27. The van der Waals surface area contributed by atoms with Crippen LogP contribution in [0.2, 0.25) is 0 Å². The van der Waals surface area contributed by atoms with Gasteiger partial charge in [-0.3, -0.25) is 0 Å². The van der Waals surface area contributed by atoms with Gasteiger partial charge in [-0.15, -0.1) is 0 Å². The van der Waals surface area contributed by atoms with Gasteiger partial charge in [-0.2, -0.15) is 0 Å². The third kappa shape index (κ3) is 3.98. The van der Waals surface area contributed by atoms with Gasteiger partial charge in [0.25, 0.3) is 0 Å². The van der Waals surface area contributed by atoms with Crippen LogP contribution in [0.3, 0.4) is 0 Å². The van der Waals surface area contributed by atoms with Gasteiger partial charge in [0.2, 0.25) is 0 Å². The van der Waals surface area contributed by atoms with Crippen molar-refractivity contribution < 1.29 is 19.3 Å². The second kappa shape index (κ2) is 6.95. The fourth-order valence-electron chi connectivity index (χ4n) is 1.27. The molecule has 0 aliphatic carbocycles. The maximum atomic E-state index is 8.63. The van der Waals surface area contributed by atoms with E-state index in [1.807, 2.05) is 12.1 Å². The first kappa shape index (κ1) is 12.6. The van der Waals surface area contributed by atoms with Gasteiger partial charge in [0.15, 0.2) is 0 Å². The highest BCUT2D eigenvalue weighted by atomic mass is 16.5. The SMILES string of the molecule is COc1cc(OC)cc(OCCCCO)c1. The second-order valence-electron chi connectivity index (χ2n) is 3.33. The lowest BCUT2D eigenvalue weighted by molar-refractivity contribution is 0.252. The maximum absolute atomic E-state index is 8.63. The van der Waals surface area contributed by atoms with Gasteiger partial charge in [0, 0.05) is 24.8 Å². The van der Waals surface area contributed by atoms with Gasteiger partial charge in [-0.1, -0.05) is 0 Å². The summed E-state index contributed by atoms with van der Waals surface area (Å²) >= 11 is 0. The normalized spacial score (nSPS) is 9.94. The van der Waals surface area contributed by atoms with E-state index in [1.54, 1.807) is 20.3 Å². The number of ether oxygens (including phenoxy) is 3. The molecule has 16 heavy (non-hydrogen) atoms. The van der Waals surface area contributed by atoms with E-state index in [9.17, 15) is 0 Å². The van der Waals surface area contributed by atoms with Crippen LogP contribution < -0.4 is 14.2 Å². The van der Waals surface area contributed by atoms with Gasteiger partial charge < -0.3 is 19.3 Å². The van der Waals surface area contributed by atoms with E-state index in [0.29, 0.717) is 23.9 Å². The van der Waals surface area contributed by atoms with Gasteiger partial charge in [-0.05, 0) is 12.8 Å². The Kier molecular flexibility index (Phi) is 5.50. The van der Waals surface area contributed by atoms with E-state index in [0.717, 1.165) is 12.8 Å². The van der Waals surface area contributed by atoms with Crippen molar-refractivity contribution in [1.82, 2.24) is 0 Å². The third-order valence-corrected chi connectivity index (χ3v) is 2.15. The first-order chi connectivity index (χ1) is 7.80. The molecule has 0 bridgehead atoms. The maximum Gasteiger partial charge on any atom is 0.126 e. The van der Waals surface area contributed by atoms with E-state index in [4.69, 9.17) is 19.3 Å². The molecule has 4 nitrogen and oxygen atoms in total. The molecule has 1 rings (SSSR count). The summed E-state index contributed by atoms with van der Waals surface area (Å²) in [5, 5.41) is 8.63. The summed E-state index contributed by atoms with van der Waals surface area (Å²) < 4.78 is 15.8. The van der Waals surface area contributed by atoms with Crippen LogP contribution in [-0.2, 0) is 0 Å². The van der Waals surface area contributed by atoms with Crippen molar-refractivity contribution in [3.63, 3.8) is 0 Å². The summed E-state index contributed by atoms with van der Waals surface area (Å²) in [6.45, 7) is 0.779. The summed E-state index contributed by atoms with van der Waals surface area (Å²) in [4.78, 5) is 0. The number of hydrogen-bond acceptors (Lipinski definition) is 4. The summed E-state index contributed by atoms with van der Waals surface area (Å²) in [7, 11) is 3.20. The molecular weight excluding hydrogens is 208 g/mol. The van der Waals surface area contributed by atoms with Crippen molar-refractivity contribution in [3.8, 4) is 17.2 Å². The highest BCUT2D eigenvalue weighted by Gasteiger charge is 2.02. The van der Waals surface area contributed by atoms with Crippen molar-refractivity contribution >= 4 is 0 Å². The quantitative estimate of drug-likeness (QED) is 0.721. The summed E-state index contributed by atoms with van der Waals surface area (Å²) in [6, 6.07) is 5.41. The monoisotopic (exact) mass is 226 g/mol. The summed E-state index contributed by atoms with van der Waals surface area (Å²) in [5.74, 6) is 2.13. The molecule has 90 valence electrons. The lowest BCUT2D eigenvalue weighted by Gasteiger charge is -2.09. The molecule has 1 aromatic carbocycles. The van der Waals surface area contributed by atoms with E-state index >= 15 is 0 Å². The molecule has 0 saturated heterocycles. The first-order valence-electron chi connectivity index (χ1n) is 5.27. The molecule has 0 atom stereocenters. The van der Waals surface area contributed by atoms with Crippen LogP contribution in [0.25, 0.3) is 0 Å². The lowest BCUT2D eigenvalue weighted by Crippen LogP contribution is -1.99. The molecule has 0 amide bonds. The number of unbranched alkanes of at least 4 members (excludes halogenated alkanes) is 1. The second-order valence-corrected chi connectivity index (χ2v) is 3.33. The molecule has 0 aliphatic rings. The van der Waals surface area contributed by atoms with Crippen molar-refractivity contribution in [3.05, 3.63) is 18.2 Å². The number of aliphatic hydroxyl groups is 1. The Hall–Kier alpha value is -1.42. The van der Waals surface area contributed by atoms with E-state index < -0.39 is 0 Å². The minimum Gasteiger partial charge on any atom is -0.496 e. The predicted molar refractivity (Wildman–Crippen MR) is 61.4 cm³/mol. The van der Waals surface area contributed by atoms with Crippen LogP contribution in [0.5, 0.6) is 17.2 Å². The Bertz CT molecular complexity index is 290. The van der Waals surface area contributed by atoms with Crippen LogP contribution in [-0.4, -0.2) is 32.5 Å². The first-order valence-corrected chi connectivity index (χ1v) is 5.27. The number of benzene rings is 1. The van der Waals surface area contributed by atoms with Crippen molar-refractivity contribution in [2.45, 2.75) is 12.8 Å². The molecule has 0 unspecified atom stereocenters. The minimum atomic E-state index is 0.199. The van der Waals surface area contributed by atoms with Gasteiger partial charge in [0.05, 0.1) is 20.8 Å². The van der Waals surface area contributed by atoms with E-state index in [1.165, 1.54) is 0 Å². The third-order valence-electron chi connectivity index (χ3n) is 2.15. The molecule has 0 saturated carbocycles. The van der Waals surface area contributed by atoms with Crippen LogP contribution in [0.15, 0.2) is 18.2 Å². The Balaban J connectivity index is 2.57. The number of hydrogen-bond donors (Lipinski definition) is 1. The average Bonchev–Trinajstić information content (AvgIpc) is 2.34. The molecule has 0 radical (unpaired) electrons. The van der Waals surface area contributed by atoms with Crippen molar-refractivity contribution in [2.75, 3.05) is 27.4 Å². The van der Waals surface area contributed by atoms with Gasteiger partial charge >= 0.3 is 0 Å². The molecule has 1 N–H and O–H groups in total. The minimum absolute atomic E-state index is 0.199. The topological polar surface area (TPSA) is 47.9 Å². The smallest absolute Gasteiger partial charge is 0.126 e. The predicted octanol–water partition coefficient (Wildman–Crippen LogP) is 1.86. The van der Waals surface area contributed by atoms with Gasteiger partial charge in [0.1, 0.15) is 17.2 Å². The Morgan fingerprint density at radius 3 is 2.00 bits per heavy atom. The molecule has 0 fully saturated rings. The van der Waals surface area contributed by atoms with E-state index in [-0.39, 0.29) is 6.61 Å². The lowest BCUT2D eigenvalue weighted by atomic mass is 10.3. The highest BCUT2D eigenvalue weighted by molar-refractivity contribution is 5.41. The van der Waals surface area contributed by atoms with Crippen molar-refractivity contribution in [1.29, 1.82) is 0 Å². The molecule has 0 heterocycles. The summed E-state index contributed by atoms with van der Waals surface area (Å²) in [6.07, 6.45) is 1.58. The highest BCUT2D eigenvalue weighted by Crippen LogP contribution is 2.27. The molecule has 0 aromatic heterocycles.